The number of furan rings is 1. The van der Waals surface area contributed by atoms with E-state index >= 15 is 0 Å². The molecule has 5 heteroatoms. The van der Waals surface area contributed by atoms with Gasteiger partial charge in [0.05, 0.1) is 11.4 Å². The van der Waals surface area contributed by atoms with Crippen LogP contribution in [0.3, 0.4) is 0 Å². The Balaban J connectivity index is 1.26. The number of hydrogen-bond donors (Lipinski definition) is 0. The minimum absolute atomic E-state index is 0.658. The van der Waals surface area contributed by atoms with Gasteiger partial charge in [0.2, 0.25) is 0 Å². The Morgan fingerprint density at radius 2 is 1.08 bits per heavy atom. The van der Waals surface area contributed by atoms with Gasteiger partial charge in [0, 0.05) is 60.0 Å². The second-order valence-electron chi connectivity index (χ2n) is 12.3. The maximum absolute atomic E-state index is 6.80. The Labute approximate surface area is 292 Å². The van der Waals surface area contributed by atoms with Crippen molar-refractivity contribution in [1.82, 2.24) is 15.0 Å². The molecule has 0 amide bonds. The Bertz CT molecular complexity index is 2870. The SMILES string of the molecule is c1ccc(-c2nc(-c3ccccc3-c3ccncc3)cc(-c3ccc(-c4cccc5sc6ccccc6c45)c4c3oc3ccccc34)n2)cc1. The van der Waals surface area contributed by atoms with Gasteiger partial charge in [-0.15, -0.1) is 11.3 Å². The van der Waals surface area contributed by atoms with E-state index in [2.05, 4.69) is 120 Å². The molecule has 0 spiro atoms. The number of fused-ring (bicyclic) bond motifs is 6. The molecule has 0 saturated carbocycles. The largest absolute Gasteiger partial charge is 0.455 e. The van der Waals surface area contributed by atoms with Gasteiger partial charge in [-0.1, -0.05) is 109 Å². The molecule has 4 aromatic heterocycles. The van der Waals surface area contributed by atoms with E-state index in [0.29, 0.717) is 5.82 Å². The molecule has 0 saturated heterocycles. The van der Waals surface area contributed by atoms with Crippen molar-refractivity contribution in [3.05, 3.63) is 164 Å². The summed E-state index contributed by atoms with van der Waals surface area (Å²) in [6.07, 6.45) is 3.65. The molecule has 0 aliphatic heterocycles. The van der Waals surface area contributed by atoms with Crippen LogP contribution in [0, 0.1) is 0 Å². The molecular weight excluding hydrogens is 631 g/mol. The summed E-state index contributed by atoms with van der Waals surface area (Å²) in [6, 6.07) is 52.8. The first-order valence-electron chi connectivity index (χ1n) is 16.6. The normalized spacial score (nSPS) is 11.6. The first-order chi connectivity index (χ1) is 24.8. The summed E-state index contributed by atoms with van der Waals surface area (Å²) < 4.78 is 9.36. The average Bonchev–Trinajstić information content (AvgIpc) is 3.77. The van der Waals surface area contributed by atoms with Crippen LogP contribution >= 0.6 is 11.3 Å². The molecule has 0 atom stereocenters. The van der Waals surface area contributed by atoms with E-state index in [9.17, 15) is 0 Å². The molecule has 4 heterocycles. The molecule has 0 N–H and O–H groups in total. The van der Waals surface area contributed by atoms with E-state index in [1.54, 1.807) is 0 Å². The topological polar surface area (TPSA) is 51.8 Å². The molecule has 0 fully saturated rings. The number of aromatic nitrogens is 3. The van der Waals surface area contributed by atoms with Crippen LogP contribution in [0.15, 0.2) is 168 Å². The number of benzene rings is 6. The number of rotatable bonds is 5. The van der Waals surface area contributed by atoms with Gasteiger partial charge in [0.25, 0.3) is 0 Å². The van der Waals surface area contributed by atoms with Gasteiger partial charge in [-0.25, -0.2) is 9.97 Å². The summed E-state index contributed by atoms with van der Waals surface area (Å²) in [7, 11) is 0. The highest BCUT2D eigenvalue weighted by atomic mass is 32.1. The van der Waals surface area contributed by atoms with Crippen LogP contribution in [-0.2, 0) is 0 Å². The van der Waals surface area contributed by atoms with Crippen LogP contribution in [0.2, 0.25) is 0 Å². The Kier molecular flexibility index (Phi) is 6.64. The summed E-state index contributed by atoms with van der Waals surface area (Å²) in [5.74, 6) is 0.658. The fourth-order valence-corrected chi connectivity index (χ4v) is 8.31. The number of pyridine rings is 1. The van der Waals surface area contributed by atoms with Crippen LogP contribution in [0.25, 0.3) is 98.3 Å². The van der Waals surface area contributed by atoms with Crippen molar-refractivity contribution in [3.63, 3.8) is 0 Å². The minimum atomic E-state index is 0.658. The molecule has 4 nitrogen and oxygen atoms in total. The van der Waals surface area contributed by atoms with Gasteiger partial charge in [0.1, 0.15) is 11.2 Å². The van der Waals surface area contributed by atoms with Gasteiger partial charge >= 0.3 is 0 Å². The standard InChI is InChI=1S/C45H27N3OS/c1-2-11-29(12-3-1)45-47-37(31-14-5-4-13-30(31)28-23-25-46-26-24-28)27-38(48-45)34-22-21-33(43-35-15-6-8-18-39(35)49-44(34)43)32-17-10-20-41-42(32)36-16-7-9-19-40(36)50-41/h1-27H. The third kappa shape index (κ3) is 4.63. The number of hydrogen-bond acceptors (Lipinski definition) is 5. The third-order valence-corrected chi connectivity index (χ3v) is 10.6. The maximum Gasteiger partial charge on any atom is 0.160 e. The molecule has 0 radical (unpaired) electrons. The summed E-state index contributed by atoms with van der Waals surface area (Å²) in [6.45, 7) is 0. The van der Waals surface area contributed by atoms with E-state index in [1.165, 1.54) is 25.7 Å². The summed E-state index contributed by atoms with van der Waals surface area (Å²) in [5, 5.41) is 4.71. The van der Waals surface area contributed by atoms with Crippen molar-refractivity contribution >= 4 is 53.4 Å². The van der Waals surface area contributed by atoms with Crippen LogP contribution in [0.4, 0.5) is 0 Å². The van der Waals surface area contributed by atoms with Gasteiger partial charge in [0.15, 0.2) is 5.82 Å². The zero-order valence-electron chi connectivity index (χ0n) is 26.7. The fraction of sp³-hybridized carbons (Fsp3) is 0. The van der Waals surface area contributed by atoms with Crippen molar-refractivity contribution in [2.75, 3.05) is 0 Å². The Hall–Kier alpha value is -6.43. The molecule has 234 valence electrons. The Morgan fingerprint density at radius 3 is 1.94 bits per heavy atom. The highest BCUT2D eigenvalue weighted by Crippen LogP contribution is 2.46. The van der Waals surface area contributed by atoms with E-state index in [4.69, 9.17) is 14.4 Å². The van der Waals surface area contributed by atoms with Crippen LogP contribution < -0.4 is 0 Å². The Morgan fingerprint density at radius 1 is 0.440 bits per heavy atom. The summed E-state index contributed by atoms with van der Waals surface area (Å²) in [4.78, 5) is 14.7. The fourth-order valence-electron chi connectivity index (χ4n) is 7.18. The molecular formula is C45H27N3OS. The van der Waals surface area contributed by atoms with Crippen LogP contribution in [-0.4, -0.2) is 15.0 Å². The average molecular weight is 658 g/mol. The highest BCUT2D eigenvalue weighted by molar-refractivity contribution is 7.25. The van der Waals surface area contributed by atoms with Gasteiger partial charge < -0.3 is 4.42 Å². The molecule has 10 rings (SSSR count). The minimum Gasteiger partial charge on any atom is -0.455 e. The molecule has 6 aromatic carbocycles. The van der Waals surface area contributed by atoms with Crippen molar-refractivity contribution in [3.8, 4) is 56.2 Å². The number of para-hydroxylation sites is 1. The second-order valence-corrected chi connectivity index (χ2v) is 13.4. The molecule has 10 aromatic rings. The van der Waals surface area contributed by atoms with Gasteiger partial charge in [-0.3, -0.25) is 4.98 Å². The lowest BCUT2D eigenvalue weighted by molar-refractivity contribution is 0.670. The molecule has 0 unspecified atom stereocenters. The van der Waals surface area contributed by atoms with Crippen molar-refractivity contribution in [2.24, 2.45) is 0 Å². The monoisotopic (exact) mass is 657 g/mol. The summed E-state index contributed by atoms with van der Waals surface area (Å²) >= 11 is 1.84. The van der Waals surface area contributed by atoms with Crippen LogP contribution in [0.1, 0.15) is 0 Å². The predicted molar refractivity (Wildman–Crippen MR) is 207 cm³/mol. The van der Waals surface area contributed by atoms with Crippen molar-refractivity contribution < 1.29 is 4.42 Å². The van der Waals surface area contributed by atoms with Crippen LogP contribution in [0.5, 0.6) is 0 Å². The maximum atomic E-state index is 6.80. The molecule has 0 aliphatic rings. The smallest absolute Gasteiger partial charge is 0.160 e. The van der Waals surface area contributed by atoms with E-state index in [1.807, 2.05) is 60.1 Å². The zero-order valence-corrected chi connectivity index (χ0v) is 27.6. The van der Waals surface area contributed by atoms with E-state index < -0.39 is 0 Å². The lowest BCUT2D eigenvalue weighted by Crippen LogP contribution is -1.97. The lowest BCUT2D eigenvalue weighted by Gasteiger charge is -2.14. The van der Waals surface area contributed by atoms with Crippen molar-refractivity contribution in [1.29, 1.82) is 0 Å². The quantitative estimate of drug-likeness (QED) is 0.185. The molecule has 0 aliphatic carbocycles. The number of nitrogens with zero attached hydrogens (tertiary/aromatic N) is 3. The van der Waals surface area contributed by atoms with E-state index in [0.717, 1.165) is 66.7 Å². The molecule has 0 bridgehead atoms. The third-order valence-electron chi connectivity index (χ3n) is 9.45. The van der Waals surface area contributed by atoms with E-state index in [-0.39, 0.29) is 0 Å². The second kappa shape index (κ2) is 11.6. The van der Waals surface area contributed by atoms with Crippen molar-refractivity contribution in [2.45, 2.75) is 0 Å². The zero-order chi connectivity index (χ0) is 33.0. The van der Waals surface area contributed by atoms with Gasteiger partial charge in [-0.2, -0.15) is 0 Å². The number of thiophene rings is 1. The highest BCUT2D eigenvalue weighted by Gasteiger charge is 2.22. The first kappa shape index (κ1) is 28.6. The first-order valence-corrected chi connectivity index (χ1v) is 17.4. The molecule has 50 heavy (non-hydrogen) atoms. The predicted octanol–water partition coefficient (Wildman–Crippen LogP) is 12.5. The summed E-state index contributed by atoms with van der Waals surface area (Å²) in [5.41, 5.74) is 10.7. The lowest BCUT2D eigenvalue weighted by atomic mass is 9.93. The van der Waals surface area contributed by atoms with Gasteiger partial charge in [-0.05, 0) is 64.7 Å².